The van der Waals surface area contributed by atoms with Gasteiger partial charge in [-0.2, -0.15) is 0 Å². The monoisotopic (exact) mass is 165 g/mol. The maximum Gasteiger partial charge on any atom is -0.00172 e. The summed E-state index contributed by atoms with van der Waals surface area (Å²) in [5, 5.41) is 3.10. The third kappa shape index (κ3) is 7.29. The molecule has 0 aliphatic heterocycles. The highest BCUT2D eigenvalue weighted by molar-refractivity contribution is 5.21. The molecule has 68 valence electrons. The van der Waals surface area contributed by atoms with E-state index in [0.29, 0.717) is 0 Å². The lowest BCUT2D eigenvalue weighted by Gasteiger charge is -1.91. The van der Waals surface area contributed by atoms with Crippen molar-refractivity contribution in [1.29, 1.82) is 0 Å². The van der Waals surface area contributed by atoms with Crippen LogP contribution in [0.5, 0.6) is 0 Å². The van der Waals surface area contributed by atoms with Gasteiger partial charge < -0.3 is 5.32 Å². The van der Waals surface area contributed by atoms with Crippen LogP contribution in [0.3, 0.4) is 0 Å². The van der Waals surface area contributed by atoms with Gasteiger partial charge in [0.05, 0.1) is 0 Å². The van der Waals surface area contributed by atoms with Crippen LogP contribution in [0.25, 0.3) is 0 Å². The Morgan fingerprint density at radius 1 is 1.42 bits per heavy atom. The highest BCUT2D eigenvalue weighted by Crippen LogP contribution is 1.96. The highest BCUT2D eigenvalue weighted by atomic mass is 14.8. The minimum Gasteiger partial charge on any atom is -0.319 e. The van der Waals surface area contributed by atoms with Crippen LogP contribution in [0.4, 0.5) is 0 Å². The van der Waals surface area contributed by atoms with E-state index in [-0.39, 0.29) is 0 Å². The lowest BCUT2D eigenvalue weighted by Crippen LogP contribution is -2.05. The van der Waals surface area contributed by atoms with E-state index in [1.165, 1.54) is 5.57 Å². The maximum absolute atomic E-state index is 3.10. The summed E-state index contributed by atoms with van der Waals surface area (Å²) in [5.41, 5.74) is 1.30. The van der Waals surface area contributed by atoms with Crippen LogP contribution in [0.1, 0.15) is 20.3 Å². The Kier molecular flexibility index (Phi) is 7.71. The summed E-state index contributed by atoms with van der Waals surface area (Å²) < 4.78 is 0. The fraction of sp³-hybridized carbons (Fsp3) is 0.455. The highest BCUT2D eigenvalue weighted by Gasteiger charge is 1.78. The predicted molar refractivity (Wildman–Crippen MR) is 56.3 cm³/mol. The second kappa shape index (κ2) is 8.28. The molecule has 0 rings (SSSR count). The van der Waals surface area contributed by atoms with Crippen LogP contribution in [0.2, 0.25) is 0 Å². The van der Waals surface area contributed by atoms with Crippen molar-refractivity contribution >= 4 is 0 Å². The Bertz CT molecular complexity index is 175. The molecule has 0 aliphatic rings. The summed E-state index contributed by atoms with van der Waals surface area (Å²) in [7, 11) is 1.97. The lowest BCUT2D eigenvalue weighted by molar-refractivity contribution is 0.807. The first-order valence-corrected chi connectivity index (χ1v) is 4.42. The van der Waals surface area contributed by atoms with E-state index in [2.05, 4.69) is 36.5 Å². The van der Waals surface area contributed by atoms with Crippen molar-refractivity contribution in [3.63, 3.8) is 0 Å². The Hall–Kier alpha value is -0.820. The molecule has 0 atom stereocenters. The smallest absolute Gasteiger partial charge is 0.00172 e. The number of nitrogens with one attached hydrogen (secondary N) is 1. The lowest BCUT2D eigenvalue weighted by atomic mass is 10.2. The third-order valence-corrected chi connectivity index (χ3v) is 1.49. The van der Waals surface area contributed by atoms with Gasteiger partial charge in [0.2, 0.25) is 0 Å². The molecule has 0 amide bonds. The number of allylic oxidation sites excluding steroid dienone is 5. The van der Waals surface area contributed by atoms with Crippen molar-refractivity contribution in [2.24, 2.45) is 0 Å². The Morgan fingerprint density at radius 2 is 2.17 bits per heavy atom. The average molecular weight is 165 g/mol. The zero-order chi connectivity index (χ0) is 9.23. The standard InChI is InChI=1S/C11H19N/c1-4-5-8-11(2)9-6-7-10-12-3/h4-6,8-9,12H,7,10H2,1-3H3/b5-4+,9-6-,11-8-. The SMILES string of the molecule is C/C=C/C=C(C)\C=C/CCNC. The van der Waals surface area contributed by atoms with E-state index in [9.17, 15) is 0 Å². The molecule has 0 spiro atoms. The van der Waals surface area contributed by atoms with E-state index in [0.717, 1.165) is 13.0 Å². The Labute approximate surface area is 75.9 Å². The minimum atomic E-state index is 1.05. The van der Waals surface area contributed by atoms with Crippen LogP contribution < -0.4 is 5.32 Å². The molecule has 0 radical (unpaired) electrons. The van der Waals surface area contributed by atoms with E-state index in [1.807, 2.05) is 20.0 Å². The Morgan fingerprint density at radius 3 is 2.75 bits per heavy atom. The zero-order valence-electron chi connectivity index (χ0n) is 8.30. The van der Waals surface area contributed by atoms with Gasteiger partial charge in [0.1, 0.15) is 0 Å². The molecule has 1 N–H and O–H groups in total. The van der Waals surface area contributed by atoms with Gasteiger partial charge in [-0.15, -0.1) is 0 Å². The van der Waals surface area contributed by atoms with Gasteiger partial charge in [-0.3, -0.25) is 0 Å². The molecular formula is C11H19N. The average Bonchev–Trinajstić information content (AvgIpc) is 2.09. The summed E-state index contributed by atoms with van der Waals surface area (Å²) >= 11 is 0. The van der Waals surface area contributed by atoms with Crippen molar-refractivity contribution in [2.45, 2.75) is 20.3 Å². The van der Waals surface area contributed by atoms with Gasteiger partial charge in [-0.05, 0) is 33.9 Å². The van der Waals surface area contributed by atoms with Crippen molar-refractivity contribution in [1.82, 2.24) is 5.32 Å². The summed E-state index contributed by atoms with van der Waals surface area (Å²) in [6, 6.07) is 0. The first-order valence-electron chi connectivity index (χ1n) is 4.42. The van der Waals surface area contributed by atoms with Crippen LogP contribution in [0, 0.1) is 0 Å². The molecular weight excluding hydrogens is 146 g/mol. The molecule has 0 unspecified atom stereocenters. The van der Waals surface area contributed by atoms with Gasteiger partial charge in [-0.25, -0.2) is 0 Å². The van der Waals surface area contributed by atoms with Gasteiger partial charge in [0.25, 0.3) is 0 Å². The zero-order valence-corrected chi connectivity index (χ0v) is 8.30. The predicted octanol–water partition coefficient (Wildman–Crippen LogP) is 2.67. The van der Waals surface area contributed by atoms with Crippen molar-refractivity contribution in [3.8, 4) is 0 Å². The van der Waals surface area contributed by atoms with E-state index >= 15 is 0 Å². The number of hydrogen-bond acceptors (Lipinski definition) is 1. The molecule has 1 nitrogen and oxygen atoms in total. The first-order chi connectivity index (χ1) is 5.81. The van der Waals surface area contributed by atoms with Crippen molar-refractivity contribution in [3.05, 3.63) is 36.0 Å². The van der Waals surface area contributed by atoms with Crippen molar-refractivity contribution < 1.29 is 0 Å². The topological polar surface area (TPSA) is 12.0 Å². The number of rotatable bonds is 5. The van der Waals surface area contributed by atoms with Crippen molar-refractivity contribution in [2.75, 3.05) is 13.6 Å². The second-order valence-corrected chi connectivity index (χ2v) is 2.73. The first kappa shape index (κ1) is 11.2. The third-order valence-electron chi connectivity index (χ3n) is 1.49. The molecule has 0 aromatic carbocycles. The molecule has 12 heavy (non-hydrogen) atoms. The largest absolute Gasteiger partial charge is 0.319 e. The fourth-order valence-electron chi connectivity index (χ4n) is 0.800. The summed E-state index contributed by atoms with van der Waals surface area (Å²) in [6.07, 6.45) is 11.6. The molecule has 0 aromatic heterocycles. The molecule has 0 bridgehead atoms. The minimum absolute atomic E-state index is 1.05. The molecule has 0 saturated carbocycles. The van der Waals surface area contributed by atoms with Gasteiger partial charge in [0, 0.05) is 0 Å². The molecule has 0 aromatic rings. The van der Waals surface area contributed by atoms with E-state index in [4.69, 9.17) is 0 Å². The molecule has 0 aliphatic carbocycles. The normalized spacial score (nSPS) is 13.4. The summed E-state index contributed by atoms with van der Waals surface area (Å²) in [6.45, 7) is 5.18. The van der Waals surface area contributed by atoms with E-state index < -0.39 is 0 Å². The Balaban J connectivity index is 3.66. The van der Waals surface area contributed by atoms with Crippen LogP contribution in [-0.4, -0.2) is 13.6 Å². The number of hydrogen-bond donors (Lipinski definition) is 1. The maximum atomic E-state index is 3.10. The van der Waals surface area contributed by atoms with Crippen LogP contribution in [0.15, 0.2) is 36.0 Å². The molecule has 0 fully saturated rings. The van der Waals surface area contributed by atoms with Gasteiger partial charge in [-0.1, -0.05) is 36.0 Å². The van der Waals surface area contributed by atoms with Crippen LogP contribution >= 0.6 is 0 Å². The van der Waals surface area contributed by atoms with Crippen LogP contribution in [-0.2, 0) is 0 Å². The van der Waals surface area contributed by atoms with Gasteiger partial charge >= 0.3 is 0 Å². The molecule has 0 saturated heterocycles. The van der Waals surface area contributed by atoms with Gasteiger partial charge in [0.15, 0.2) is 0 Å². The molecule has 0 heterocycles. The quantitative estimate of drug-likeness (QED) is 0.488. The molecule has 1 heteroatoms. The summed E-state index contributed by atoms with van der Waals surface area (Å²) in [5.74, 6) is 0. The summed E-state index contributed by atoms with van der Waals surface area (Å²) in [4.78, 5) is 0. The van der Waals surface area contributed by atoms with E-state index in [1.54, 1.807) is 0 Å². The second-order valence-electron chi connectivity index (χ2n) is 2.73. The fourth-order valence-corrected chi connectivity index (χ4v) is 0.800.